The minimum atomic E-state index is 0.344. The van der Waals surface area contributed by atoms with Gasteiger partial charge in [-0.2, -0.15) is 0 Å². The fraction of sp³-hybridized carbons (Fsp3) is 1.00. The van der Waals surface area contributed by atoms with Crippen LogP contribution in [-0.4, -0.2) is 48.8 Å². The molecular weight excluding hydrogens is 236 g/mol. The summed E-state index contributed by atoms with van der Waals surface area (Å²) in [5.41, 5.74) is 0.344. The van der Waals surface area contributed by atoms with E-state index in [1.54, 1.807) is 0 Å². The third kappa shape index (κ3) is 3.14. The number of ether oxygens (including phenoxy) is 1. The number of piperazine rings is 1. The Hall–Kier alpha value is -0.120. The zero-order chi connectivity index (χ0) is 13.9. The molecule has 0 aromatic carbocycles. The molecule has 1 aliphatic heterocycles. The van der Waals surface area contributed by atoms with E-state index >= 15 is 0 Å². The summed E-state index contributed by atoms with van der Waals surface area (Å²) in [6.07, 6.45) is 8.01. The molecule has 112 valence electrons. The SMILES string of the molecule is CCC1CNC(CC)(CC)CN1C1CCC(OC)C1. The molecule has 2 aliphatic rings. The van der Waals surface area contributed by atoms with Crippen LogP contribution in [0.5, 0.6) is 0 Å². The molecule has 1 heterocycles. The highest BCUT2D eigenvalue weighted by molar-refractivity contribution is 5.00. The molecule has 3 unspecified atom stereocenters. The van der Waals surface area contributed by atoms with Crippen molar-refractivity contribution in [2.45, 2.75) is 83.0 Å². The Kier molecular flexibility index (Phi) is 5.27. The lowest BCUT2D eigenvalue weighted by Crippen LogP contribution is -2.65. The number of rotatable bonds is 5. The maximum Gasteiger partial charge on any atom is 0.0586 e. The van der Waals surface area contributed by atoms with Crippen LogP contribution in [0.2, 0.25) is 0 Å². The average molecular weight is 268 g/mol. The highest BCUT2D eigenvalue weighted by atomic mass is 16.5. The van der Waals surface area contributed by atoms with Gasteiger partial charge < -0.3 is 10.1 Å². The van der Waals surface area contributed by atoms with Crippen molar-refractivity contribution in [1.82, 2.24) is 10.2 Å². The van der Waals surface area contributed by atoms with Crippen LogP contribution in [0.3, 0.4) is 0 Å². The van der Waals surface area contributed by atoms with Gasteiger partial charge in [0, 0.05) is 37.8 Å². The molecule has 1 N–H and O–H groups in total. The molecule has 1 saturated carbocycles. The lowest BCUT2D eigenvalue weighted by atomic mass is 9.87. The number of nitrogens with one attached hydrogen (secondary N) is 1. The first-order valence-electron chi connectivity index (χ1n) is 8.21. The van der Waals surface area contributed by atoms with E-state index in [1.807, 2.05) is 7.11 Å². The van der Waals surface area contributed by atoms with Gasteiger partial charge in [0.1, 0.15) is 0 Å². The number of hydrogen-bond donors (Lipinski definition) is 1. The van der Waals surface area contributed by atoms with Crippen LogP contribution < -0.4 is 5.32 Å². The van der Waals surface area contributed by atoms with Crippen LogP contribution in [0.15, 0.2) is 0 Å². The maximum absolute atomic E-state index is 5.56. The fourth-order valence-electron chi connectivity index (χ4n) is 3.95. The summed E-state index contributed by atoms with van der Waals surface area (Å²) in [6, 6.07) is 1.46. The molecule has 0 aromatic heterocycles. The molecule has 2 fully saturated rings. The number of hydrogen-bond acceptors (Lipinski definition) is 3. The Morgan fingerprint density at radius 1 is 1.21 bits per heavy atom. The van der Waals surface area contributed by atoms with Gasteiger partial charge in [-0.1, -0.05) is 20.8 Å². The van der Waals surface area contributed by atoms with Crippen molar-refractivity contribution in [2.24, 2.45) is 0 Å². The van der Waals surface area contributed by atoms with E-state index in [9.17, 15) is 0 Å². The molecule has 3 nitrogen and oxygen atoms in total. The molecule has 0 spiro atoms. The Balaban J connectivity index is 2.06. The normalized spacial score (nSPS) is 35.7. The lowest BCUT2D eigenvalue weighted by molar-refractivity contribution is 0.0278. The van der Waals surface area contributed by atoms with Crippen LogP contribution in [0.4, 0.5) is 0 Å². The van der Waals surface area contributed by atoms with Gasteiger partial charge in [0.15, 0.2) is 0 Å². The van der Waals surface area contributed by atoms with Gasteiger partial charge in [0.05, 0.1) is 6.10 Å². The van der Waals surface area contributed by atoms with Gasteiger partial charge in [0.25, 0.3) is 0 Å². The molecule has 0 aromatic rings. The molecule has 1 saturated heterocycles. The summed E-state index contributed by atoms with van der Waals surface area (Å²) < 4.78 is 5.56. The molecule has 0 radical (unpaired) electrons. The van der Waals surface area contributed by atoms with Crippen molar-refractivity contribution >= 4 is 0 Å². The topological polar surface area (TPSA) is 24.5 Å². The summed E-state index contributed by atoms with van der Waals surface area (Å²) >= 11 is 0. The van der Waals surface area contributed by atoms with E-state index < -0.39 is 0 Å². The van der Waals surface area contributed by atoms with Crippen molar-refractivity contribution in [2.75, 3.05) is 20.2 Å². The zero-order valence-electron chi connectivity index (χ0n) is 13.2. The summed E-state index contributed by atoms with van der Waals surface area (Å²) in [7, 11) is 1.87. The largest absolute Gasteiger partial charge is 0.381 e. The van der Waals surface area contributed by atoms with Gasteiger partial charge in [0.2, 0.25) is 0 Å². The van der Waals surface area contributed by atoms with Gasteiger partial charge in [-0.15, -0.1) is 0 Å². The molecule has 19 heavy (non-hydrogen) atoms. The van der Waals surface area contributed by atoms with Gasteiger partial charge in [-0.3, -0.25) is 4.90 Å². The smallest absolute Gasteiger partial charge is 0.0586 e. The molecule has 3 heteroatoms. The fourth-order valence-corrected chi connectivity index (χ4v) is 3.95. The van der Waals surface area contributed by atoms with Crippen LogP contribution in [-0.2, 0) is 4.74 Å². The Morgan fingerprint density at radius 3 is 2.47 bits per heavy atom. The van der Waals surface area contributed by atoms with Crippen molar-refractivity contribution < 1.29 is 4.74 Å². The second kappa shape index (κ2) is 6.55. The van der Waals surface area contributed by atoms with Gasteiger partial charge >= 0.3 is 0 Å². The predicted octanol–water partition coefficient (Wildman–Crippen LogP) is 2.80. The quantitative estimate of drug-likeness (QED) is 0.830. The highest BCUT2D eigenvalue weighted by Gasteiger charge is 2.41. The van der Waals surface area contributed by atoms with Crippen LogP contribution >= 0.6 is 0 Å². The lowest BCUT2D eigenvalue weighted by Gasteiger charge is -2.50. The van der Waals surface area contributed by atoms with Crippen molar-refractivity contribution in [3.8, 4) is 0 Å². The van der Waals surface area contributed by atoms with Gasteiger partial charge in [-0.25, -0.2) is 0 Å². The van der Waals surface area contributed by atoms with E-state index in [2.05, 4.69) is 31.0 Å². The monoisotopic (exact) mass is 268 g/mol. The molecule has 0 amide bonds. The third-order valence-corrected chi connectivity index (χ3v) is 5.65. The molecule has 2 rings (SSSR count). The summed E-state index contributed by atoms with van der Waals surface area (Å²) in [5.74, 6) is 0. The highest BCUT2D eigenvalue weighted by Crippen LogP contribution is 2.32. The minimum Gasteiger partial charge on any atom is -0.381 e. The molecular formula is C16H32N2O. The van der Waals surface area contributed by atoms with E-state index in [0.717, 1.165) is 12.6 Å². The van der Waals surface area contributed by atoms with E-state index in [-0.39, 0.29) is 0 Å². The first kappa shape index (κ1) is 15.3. The Bertz CT molecular complexity index is 278. The molecule has 0 bridgehead atoms. The molecule has 3 atom stereocenters. The zero-order valence-corrected chi connectivity index (χ0v) is 13.2. The van der Waals surface area contributed by atoms with Crippen LogP contribution in [0, 0.1) is 0 Å². The number of nitrogens with zero attached hydrogens (tertiary/aromatic N) is 1. The maximum atomic E-state index is 5.56. The second-order valence-electron chi connectivity index (χ2n) is 6.43. The van der Waals surface area contributed by atoms with Crippen molar-refractivity contribution in [3.05, 3.63) is 0 Å². The van der Waals surface area contributed by atoms with E-state index in [4.69, 9.17) is 4.74 Å². The third-order valence-electron chi connectivity index (χ3n) is 5.65. The molecule has 1 aliphatic carbocycles. The standard InChI is InChI=1S/C16H32N2O/c1-5-13-11-17-16(6-2,7-3)12-18(13)14-8-9-15(10-14)19-4/h13-15,17H,5-12H2,1-4H3. The Labute approximate surface area is 119 Å². The summed E-state index contributed by atoms with van der Waals surface area (Å²) in [6.45, 7) is 9.36. The van der Waals surface area contributed by atoms with E-state index in [0.29, 0.717) is 17.7 Å². The van der Waals surface area contributed by atoms with Crippen LogP contribution in [0.1, 0.15) is 59.3 Å². The summed E-state index contributed by atoms with van der Waals surface area (Å²) in [5, 5.41) is 3.84. The Morgan fingerprint density at radius 2 is 1.95 bits per heavy atom. The van der Waals surface area contributed by atoms with Crippen molar-refractivity contribution in [3.63, 3.8) is 0 Å². The minimum absolute atomic E-state index is 0.344. The average Bonchev–Trinajstić information content (AvgIpc) is 2.95. The second-order valence-corrected chi connectivity index (χ2v) is 6.43. The van der Waals surface area contributed by atoms with Crippen molar-refractivity contribution in [1.29, 1.82) is 0 Å². The first-order chi connectivity index (χ1) is 9.18. The number of methoxy groups -OCH3 is 1. The van der Waals surface area contributed by atoms with Gasteiger partial charge in [-0.05, 0) is 38.5 Å². The van der Waals surface area contributed by atoms with Crippen LogP contribution in [0.25, 0.3) is 0 Å². The summed E-state index contributed by atoms with van der Waals surface area (Å²) in [4.78, 5) is 2.81. The predicted molar refractivity (Wildman–Crippen MR) is 80.5 cm³/mol. The van der Waals surface area contributed by atoms with E-state index in [1.165, 1.54) is 45.1 Å². The first-order valence-corrected chi connectivity index (χ1v) is 8.21.